The molecular formula is C25H29N5O5S. The Hall–Kier alpha value is -3.99. The Bertz CT molecular complexity index is 1230. The first-order valence-electron chi connectivity index (χ1n) is 11.1. The largest absolute Gasteiger partial charge is 0.497 e. The fraction of sp³-hybridized carbons (Fsp3) is 0.280. The van der Waals surface area contributed by atoms with E-state index >= 15 is 0 Å². The predicted octanol–water partition coefficient (Wildman–Crippen LogP) is 3.38. The van der Waals surface area contributed by atoms with Gasteiger partial charge >= 0.3 is 0 Å². The van der Waals surface area contributed by atoms with Gasteiger partial charge in [0, 0.05) is 24.4 Å². The average Bonchev–Trinajstić information content (AvgIpc) is 3.31. The van der Waals surface area contributed by atoms with Gasteiger partial charge in [0.15, 0.2) is 22.5 Å². The Morgan fingerprint density at radius 1 is 1.03 bits per heavy atom. The first kappa shape index (κ1) is 26.6. The molecule has 190 valence electrons. The molecule has 0 aliphatic rings. The monoisotopic (exact) mass is 511 g/mol. The zero-order valence-corrected chi connectivity index (χ0v) is 21.4. The van der Waals surface area contributed by atoms with Gasteiger partial charge in [-0.3, -0.25) is 9.59 Å². The standard InChI is InChI=1S/C25H29N5O5S/c1-5-30-22(15-26-23(31)12-10-17-9-11-20(34-3)21(13-17)35-4)28-29-25(30)36-16-24(32)27-18-7-6-8-19(14-18)33-2/h6-14H,5,15-16H2,1-4H3,(H,26,31)(H,27,32). The zero-order chi connectivity index (χ0) is 25.9. The molecule has 0 unspecified atom stereocenters. The van der Waals surface area contributed by atoms with Gasteiger partial charge in [0.1, 0.15) is 5.75 Å². The molecule has 0 bridgehead atoms. The maximum Gasteiger partial charge on any atom is 0.244 e. The molecule has 2 aromatic carbocycles. The third-order valence-corrected chi connectivity index (χ3v) is 6.02. The third kappa shape index (κ3) is 7.25. The fourth-order valence-electron chi connectivity index (χ4n) is 3.26. The van der Waals surface area contributed by atoms with Gasteiger partial charge in [-0.15, -0.1) is 10.2 Å². The van der Waals surface area contributed by atoms with Crippen LogP contribution < -0.4 is 24.8 Å². The fourth-order valence-corrected chi connectivity index (χ4v) is 4.08. The Balaban J connectivity index is 1.53. The van der Waals surface area contributed by atoms with Gasteiger partial charge in [0.25, 0.3) is 0 Å². The van der Waals surface area contributed by atoms with Crippen molar-refractivity contribution in [1.29, 1.82) is 0 Å². The van der Waals surface area contributed by atoms with Crippen molar-refractivity contribution in [2.45, 2.75) is 25.2 Å². The van der Waals surface area contributed by atoms with E-state index in [4.69, 9.17) is 14.2 Å². The molecule has 1 heterocycles. The van der Waals surface area contributed by atoms with Crippen LogP contribution in [0.3, 0.4) is 0 Å². The van der Waals surface area contributed by atoms with E-state index < -0.39 is 0 Å². The molecule has 0 spiro atoms. The maximum absolute atomic E-state index is 12.4. The first-order valence-corrected chi connectivity index (χ1v) is 12.1. The minimum absolute atomic E-state index is 0.162. The normalized spacial score (nSPS) is 10.8. The van der Waals surface area contributed by atoms with Crippen LogP contribution in [0, 0.1) is 0 Å². The van der Waals surface area contributed by atoms with Crippen LogP contribution in [-0.2, 0) is 22.7 Å². The number of methoxy groups -OCH3 is 3. The topological polar surface area (TPSA) is 117 Å². The number of thioether (sulfide) groups is 1. The highest BCUT2D eigenvalue weighted by atomic mass is 32.2. The van der Waals surface area contributed by atoms with Crippen LogP contribution in [0.4, 0.5) is 5.69 Å². The van der Waals surface area contributed by atoms with Gasteiger partial charge in [-0.05, 0) is 42.8 Å². The minimum Gasteiger partial charge on any atom is -0.497 e. The summed E-state index contributed by atoms with van der Waals surface area (Å²) in [6.07, 6.45) is 3.12. The van der Waals surface area contributed by atoms with Crippen LogP contribution in [0.1, 0.15) is 18.3 Å². The molecule has 1 aromatic heterocycles. The van der Waals surface area contributed by atoms with Crippen LogP contribution in [-0.4, -0.2) is 53.7 Å². The molecule has 0 fully saturated rings. The number of nitrogens with one attached hydrogen (secondary N) is 2. The van der Waals surface area contributed by atoms with Crippen molar-refractivity contribution in [2.24, 2.45) is 0 Å². The van der Waals surface area contributed by atoms with E-state index in [1.165, 1.54) is 17.8 Å². The number of rotatable bonds is 12. The highest BCUT2D eigenvalue weighted by Crippen LogP contribution is 2.28. The van der Waals surface area contributed by atoms with E-state index in [0.29, 0.717) is 40.5 Å². The molecule has 0 saturated carbocycles. The summed E-state index contributed by atoms with van der Waals surface area (Å²) in [6, 6.07) is 12.5. The molecule has 2 amide bonds. The van der Waals surface area contributed by atoms with E-state index in [9.17, 15) is 9.59 Å². The van der Waals surface area contributed by atoms with E-state index in [1.54, 1.807) is 63.8 Å². The number of benzene rings is 2. The first-order chi connectivity index (χ1) is 17.5. The smallest absolute Gasteiger partial charge is 0.244 e. The predicted molar refractivity (Wildman–Crippen MR) is 138 cm³/mol. The molecular weight excluding hydrogens is 482 g/mol. The zero-order valence-electron chi connectivity index (χ0n) is 20.6. The van der Waals surface area contributed by atoms with Crippen LogP contribution in [0.2, 0.25) is 0 Å². The number of anilines is 1. The Morgan fingerprint density at radius 3 is 2.56 bits per heavy atom. The van der Waals surface area contributed by atoms with Crippen LogP contribution in [0.15, 0.2) is 53.7 Å². The highest BCUT2D eigenvalue weighted by Gasteiger charge is 2.14. The molecule has 0 atom stereocenters. The second-order valence-corrected chi connectivity index (χ2v) is 8.32. The van der Waals surface area contributed by atoms with Crippen molar-refractivity contribution < 1.29 is 23.8 Å². The van der Waals surface area contributed by atoms with Gasteiger partial charge in [-0.2, -0.15) is 0 Å². The number of hydrogen-bond acceptors (Lipinski definition) is 8. The molecule has 0 aliphatic carbocycles. The summed E-state index contributed by atoms with van der Waals surface area (Å²) in [4.78, 5) is 24.7. The van der Waals surface area contributed by atoms with Crippen molar-refractivity contribution in [1.82, 2.24) is 20.1 Å². The number of ether oxygens (including phenoxy) is 3. The van der Waals surface area contributed by atoms with Gasteiger partial charge in [0.2, 0.25) is 11.8 Å². The lowest BCUT2D eigenvalue weighted by molar-refractivity contribution is -0.116. The molecule has 2 N–H and O–H groups in total. The number of amides is 2. The molecule has 11 heteroatoms. The number of carbonyl (C=O) groups excluding carboxylic acids is 2. The summed E-state index contributed by atoms with van der Waals surface area (Å²) in [5, 5.41) is 14.6. The third-order valence-electron chi connectivity index (χ3n) is 5.05. The molecule has 36 heavy (non-hydrogen) atoms. The lowest BCUT2D eigenvalue weighted by Crippen LogP contribution is -2.22. The van der Waals surface area contributed by atoms with Crippen LogP contribution in [0.5, 0.6) is 17.2 Å². The molecule has 3 aromatic rings. The van der Waals surface area contributed by atoms with Crippen molar-refractivity contribution in [3.63, 3.8) is 0 Å². The van der Waals surface area contributed by atoms with Crippen molar-refractivity contribution in [3.05, 3.63) is 59.9 Å². The molecule has 0 aliphatic heterocycles. The summed E-state index contributed by atoms with van der Waals surface area (Å²) in [5.41, 5.74) is 1.45. The SMILES string of the molecule is CCn1c(CNC(=O)C=Cc2ccc(OC)c(OC)c2)nnc1SCC(=O)Nc1cccc(OC)c1. The van der Waals surface area contributed by atoms with Crippen LogP contribution >= 0.6 is 11.8 Å². The van der Waals surface area contributed by atoms with E-state index in [-0.39, 0.29) is 24.1 Å². The average molecular weight is 512 g/mol. The van der Waals surface area contributed by atoms with Gasteiger partial charge in [-0.1, -0.05) is 23.9 Å². The van der Waals surface area contributed by atoms with Crippen molar-refractivity contribution in [2.75, 3.05) is 32.4 Å². The Morgan fingerprint density at radius 2 is 1.83 bits per heavy atom. The maximum atomic E-state index is 12.4. The second-order valence-electron chi connectivity index (χ2n) is 7.38. The van der Waals surface area contributed by atoms with Crippen molar-refractivity contribution in [3.8, 4) is 17.2 Å². The van der Waals surface area contributed by atoms with Gasteiger partial charge in [-0.25, -0.2) is 0 Å². The second kappa shape index (κ2) is 13.2. The summed E-state index contributed by atoms with van der Waals surface area (Å²) in [7, 11) is 4.70. The van der Waals surface area contributed by atoms with Gasteiger partial charge < -0.3 is 29.4 Å². The quantitative estimate of drug-likeness (QED) is 0.281. The van der Waals surface area contributed by atoms with E-state index in [2.05, 4.69) is 20.8 Å². The minimum atomic E-state index is -0.276. The summed E-state index contributed by atoms with van der Waals surface area (Å²) in [6.45, 7) is 2.75. The summed E-state index contributed by atoms with van der Waals surface area (Å²) < 4.78 is 17.5. The lowest BCUT2D eigenvalue weighted by atomic mass is 10.2. The van der Waals surface area contributed by atoms with E-state index in [1.807, 2.05) is 17.6 Å². The summed E-state index contributed by atoms with van der Waals surface area (Å²) in [5.74, 6) is 2.17. The van der Waals surface area contributed by atoms with E-state index in [0.717, 1.165) is 5.56 Å². The van der Waals surface area contributed by atoms with Crippen molar-refractivity contribution >= 4 is 35.3 Å². The molecule has 0 radical (unpaired) electrons. The Kier molecular flexibility index (Phi) is 9.75. The molecule has 0 saturated heterocycles. The van der Waals surface area contributed by atoms with Gasteiger partial charge in [0.05, 0.1) is 33.6 Å². The van der Waals surface area contributed by atoms with Crippen LogP contribution in [0.25, 0.3) is 6.08 Å². The molecule has 10 nitrogen and oxygen atoms in total. The highest BCUT2D eigenvalue weighted by molar-refractivity contribution is 7.99. The molecule has 3 rings (SSSR count). The Labute approximate surface area is 214 Å². The number of hydrogen-bond donors (Lipinski definition) is 2. The number of carbonyl (C=O) groups is 2. The number of nitrogens with zero attached hydrogens (tertiary/aromatic N) is 3. The number of aromatic nitrogens is 3. The lowest BCUT2D eigenvalue weighted by Gasteiger charge is -2.09. The summed E-state index contributed by atoms with van der Waals surface area (Å²) >= 11 is 1.28.